The summed E-state index contributed by atoms with van der Waals surface area (Å²) < 4.78 is 11.3. The second-order valence-electron chi connectivity index (χ2n) is 8.24. The van der Waals surface area contributed by atoms with Crippen LogP contribution in [0.2, 0.25) is 5.02 Å². The minimum atomic E-state index is -0.258. The third-order valence-corrected chi connectivity index (χ3v) is 6.26. The van der Waals surface area contributed by atoms with Gasteiger partial charge in [0, 0.05) is 28.2 Å². The summed E-state index contributed by atoms with van der Waals surface area (Å²) in [5, 5.41) is 1.82. The SMILES string of the molecule is C=CCOc1ccc([C@H]2c3[nH]c4ccc(Cl)cc4c3CCN2C(=O)OCC2CC2)cc1. The molecule has 1 aliphatic carbocycles. The second-order valence-corrected chi connectivity index (χ2v) is 8.68. The van der Waals surface area contributed by atoms with Crippen LogP contribution >= 0.6 is 11.6 Å². The van der Waals surface area contributed by atoms with Gasteiger partial charge in [-0.25, -0.2) is 4.79 Å². The molecule has 1 aliphatic heterocycles. The van der Waals surface area contributed by atoms with Crippen LogP contribution in [-0.4, -0.2) is 35.7 Å². The molecule has 160 valence electrons. The number of H-pyrrole nitrogens is 1. The Morgan fingerprint density at radius 3 is 2.77 bits per heavy atom. The van der Waals surface area contributed by atoms with E-state index in [1.165, 1.54) is 5.56 Å². The molecule has 6 heteroatoms. The predicted molar refractivity (Wildman–Crippen MR) is 122 cm³/mol. The summed E-state index contributed by atoms with van der Waals surface area (Å²) in [5.41, 5.74) is 4.26. The van der Waals surface area contributed by atoms with Crippen LogP contribution in [0.3, 0.4) is 0 Å². The number of aromatic amines is 1. The van der Waals surface area contributed by atoms with Crippen LogP contribution in [0.1, 0.15) is 35.7 Å². The van der Waals surface area contributed by atoms with Crippen LogP contribution in [0.5, 0.6) is 5.75 Å². The van der Waals surface area contributed by atoms with Crippen LogP contribution in [0.15, 0.2) is 55.1 Å². The number of hydrogen-bond donors (Lipinski definition) is 1. The Hall–Kier alpha value is -2.92. The topological polar surface area (TPSA) is 54.6 Å². The second kappa shape index (κ2) is 8.31. The van der Waals surface area contributed by atoms with Crippen LogP contribution in [0, 0.1) is 5.92 Å². The molecule has 31 heavy (non-hydrogen) atoms. The molecule has 1 saturated carbocycles. The van der Waals surface area contributed by atoms with Crippen molar-refractivity contribution in [1.82, 2.24) is 9.88 Å². The highest BCUT2D eigenvalue weighted by Gasteiger charge is 2.36. The van der Waals surface area contributed by atoms with E-state index in [0.717, 1.165) is 47.2 Å². The molecule has 1 aromatic heterocycles. The molecule has 5 rings (SSSR count). The maximum absolute atomic E-state index is 13.0. The largest absolute Gasteiger partial charge is 0.490 e. The first-order valence-electron chi connectivity index (χ1n) is 10.7. The fourth-order valence-electron chi connectivity index (χ4n) is 4.26. The zero-order valence-electron chi connectivity index (χ0n) is 17.3. The van der Waals surface area contributed by atoms with Gasteiger partial charge in [-0.1, -0.05) is 36.4 Å². The first-order valence-corrected chi connectivity index (χ1v) is 11.1. The Bertz CT molecular complexity index is 1120. The fourth-order valence-corrected chi connectivity index (χ4v) is 4.43. The Balaban J connectivity index is 1.52. The first kappa shape index (κ1) is 20.0. The van der Waals surface area contributed by atoms with Crippen molar-refractivity contribution in [1.29, 1.82) is 0 Å². The molecule has 2 aromatic carbocycles. The number of hydrogen-bond acceptors (Lipinski definition) is 3. The van der Waals surface area contributed by atoms with Crippen molar-refractivity contribution in [2.24, 2.45) is 5.92 Å². The van der Waals surface area contributed by atoms with Gasteiger partial charge < -0.3 is 14.5 Å². The molecule has 1 fully saturated rings. The first-order chi connectivity index (χ1) is 15.1. The number of halogens is 1. The Labute approximate surface area is 186 Å². The number of nitrogens with one attached hydrogen (secondary N) is 1. The van der Waals surface area contributed by atoms with E-state index in [1.54, 1.807) is 6.08 Å². The Morgan fingerprint density at radius 2 is 2.03 bits per heavy atom. The summed E-state index contributed by atoms with van der Waals surface area (Å²) in [6.45, 7) is 5.24. The highest BCUT2D eigenvalue weighted by atomic mass is 35.5. The van der Waals surface area contributed by atoms with Crippen molar-refractivity contribution in [2.75, 3.05) is 19.8 Å². The average molecular weight is 437 g/mol. The molecule has 1 amide bonds. The van der Waals surface area contributed by atoms with Crippen molar-refractivity contribution in [3.05, 3.63) is 77.0 Å². The van der Waals surface area contributed by atoms with E-state index in [9.17, 15) is 4.79 Å². The lowest BCUT2D eigenvalue weighted by molar-refractivity contribution is 0.0852. The van der Waals surface area contributed by atoms with Gasteiger partial charge in [0.25, 0.3) is 0 Å². The van der Waals surface area contributed by atoms with E-state index >= 15 is 0 Å². The van der Waals surface area contributed by atoms with Crippen molar-refractivity contribution in [3.63, 3.8) is 0 Å². The third kappa shape index (κ3) is 4.02. The Morgan fingerprint density at radius 1 is 1.23 bits per heavy atom. The molecule has 0 saturated heterocycles. The van der Waals surface area contributed by atoms with Crippen molar-refractivity contribution in [3.8, 4) is 5.75 Å². The minimum absolute atomic E-state index is 0.255. The summed E-state index contributed by atoms with van der Waals surface area (Å²) in [6, 6.07) is 13.5. The van der Waals surface area contributed by atoms with Crippen LogP contribution in [0.4, 0.5) is 4.79 Å². The molecule has 2 aliphatic rings. The van der Waals surface area contributed by atoms with E-state index in [1.807, 2.05) is 47.4 Å². The molecule has 0 unspecified atom stereocenters. The van der Waals surface area contributed by atoms with Gasteiger partial charge in [0.05, 0.1) is 6.61 Å². The quantitative estimate of drug-likeness (QED) is 0.491. The molecule has 3 aromatic rings. The lowest BCUT2D eigenvalue weighted by atomic mass is 9.92. The van der Waals surface area contributed by atoms with E-state index < -0.39 is 0 Å². The third-order valence-electron chi connectivity index (χ3n) is 6.03. The molecular formula is C25H25ClN2O3. The molecule has 0 radical (unpaired) electrons. The lowest BCUT2D eigenvalue weighted by Gasteiger charge is -2.35. The number of nitrogens with zero attached hydrogens (tertiary/aromatic N) is 1. The van der Waals surface area contributed by atoms with Gasteiger partial charge in [-0.2, -0.15) is 0 Å². The normalized spacial score (nSPS) is 18.0. The van der Waals surface area contributed by atoms with E-state index in [0.29, 0.717) is 30.7 Å². The van der Waals surface area contributed by atoms with E-state index in [2.05, 4.69) is 11.6 Å². The number of fused-ring (bicyclic) bond motifs is 3. The highest BCUT2D eigenvalue weighted by Crippen LogP contribution is 2.40. The summed E-state index contributed by atoms with van der Waals surface area (Å²) in [6.07, 6.45) is 4.51. The number of carbonyl (C=O) groups is 1. The summed E-state index contributed by atoms with van der Waals surface area (Å²) in [7, 11) is 0. The smallest absolute Gasteiger partial charge is 0.410 e. The van der Waals surface area contributed by atoms with Gasteiger partial charge in [0.1, 0.15) is 18.4 Å². The van der Waals surface area contributed by atoms with Crippen molar-refractivity contribution < 1.29 is 14.3 Å². The maximum Gasteiger partial charge on any atom is 0.410 e. The fraction of sp³-hybridized carbons (Fsp3) is 0.320. The predicted octanol–water partition coefficient (Wildman–Crippen LogP) is 5.88. The molecule has 5 nitrogen and oxygen atoms in total. The van der Waals surface area contributed by atoms with E-state index in [4.69, 9.17) is 21.1 Å². The van der Waals surface area contributed by atoms with Gasteiger partial charge in [0.2, 0.25) is 0 Å². The summed E-state index contributed by atoms with van der Waals surface area (Å²) >= 11 is 6.27. The van der Waals surface area contributed by atoms with Gasteiger partial charge in [0.15, 0.2) is 0 Å². The number of aromatic nitrogens is 1. The van der Waals surface area contributed by atoms with Crippen LogP contribution in [-0.2, 0) is 11.2 Å². The number of benzene rings is 2. The maximum atomic E-state index is 13.0. The Kier molecular flexibility index (Phi) is 5.36. The molecule has 2 heterocycles. The molecule has 0 bridgehead atoms. The van der Waals surface area contributed by atoms with Crippen LogP contribution < -0.4 is 4.74 Å². The monoisotopic (exact) mass is 436 g/mol. The number of rotatable bonds is 6. The standard InChI is InChI=1S/C25H25ClN2O3/c1-2-13-30-19-8-5-17(6-9-19)24-23-20(21-14-18(26)7-10-22(21)27-23)11-12-28(24)25(29)31-15-16-3-4-16/h2,5-10,14,16,24,27H,1,3-4,11-13,15H2/t24-/m0/s1. The van der Waals surface area contributed by atoms with Gasteiger partial charge >= 0.3 is 6.09 Å². The molecule has 0 spiro atoms. The van der Waals surface area contributed by atoms with E-state index in [-0.39, 0.29) is 12.1 Å². The zero-order chi connectivity index (χ0) is 21.4. The van der Waals surface area contributed by atoms with Crippen molar-refractivity contribution >= 4 is 28.6 Å². The average Bonchev–Trinajstić information content (AvgIpc) is 3.55. The van der Waals surface area contributed by atoms with Gasteiger partial charge in [-0.05, 0) is 66.6 Å². The lowest BCUT2D eigenvalue weighted by Crippen LogP contribution is -2.41. The number of ether oxygens (including phenoxy) is 2. The molecular weight excluding hydrogens is 412 g/mol. The zero-order valence-corrected chi connectivity index (χ0v) is 18.0. The highest BCUT2D eigenvalue weighted by molar-refractivity contribution is 6.31. The van der Waals surface area contributed by atoms with Gasteiger partial charge in [-0.15, -0.1) is 0 Å². The van der Waals surface area contributed by atoms with Gasteiger partial charge in [-0.3, -0.25) is 4.90 Å². The summed E-state index contributed by atoms with van der Waals surface area (Å²) in [5.74, 6) is 1.30. The summed E-state index contributed by atoms with van der Waals surface area (Å²) in [4.78, 5) is 18.4. The number of carbonyl (C=O) groups excluding carboxylic acids is 1. The van der Waals surface area contributed by atoms with Crippen LogP contribution in [0.25, 0.3) is 10.9 Å². The minimum Gasteiger partial charge on any atom is -0.490 e. The molecule has 1 atom stereocenters. The number of amides is 1. The van der Waals surface area contributed by atoms with Crippen molar-refractivity contribution in [2.45, 2.75) is 25.3 Å². The molecule has 1 N–H and O–H groups in total.